The van der Waals surface area contributed by atoms with E-state index in [0.717, 1.165) is 11.3 Å². The molecule has 23 heavy (non-hydrogen) atoms. The highest BCUT2D eigenvalue weighted by molar-refractivity contribution is 6.10. The fourth-order valence-corrected chi connectivity index (χ4v) is 4.11. The molecule has 1 aliphatic heterocycles. The van der Waals surface area contributed by atoms with Gasteiger partial charge in [0.15, 0.2) is 0 Å². The molecule has 1 saturated carbocycles. The molecule has 0 spiro atoms. The topological polar surface area (TPSA) is 79.4 Å². The minimum Gasteiger partial charge on any atom is -0.323 e. The predicted molar refractivity (Wildman–Crippen MR) is 81.9 cm³/mol. The zero-order valence-corrected chi connectivity index (χ0v) is 12.7. The maximum Gasteiger partial charge on any atom is 0.247 e. The van der Waals surface area contributed by atoms with Gasteiger partial charge in [-0.25, -0.2) is 0 Å². The highest BCUT2D eigenvalue weighted by Gasteiger charge is 2.60. The van der Waals surface area contributed by atoms with Gasteiger partial charge in [-0.2, -0.15) is 0 Å². The van der Waals surface area contributed by atoms with E-state index in [1.165, 1.54) is 6.20 Å². The number of carbonyl (C=O) groups is 3. The van der Waals surface area contributed by atoms with E-state index in [1.54, 1.807) is 25.3 Å². The minimum absolute atomic E-state index is 0.153. The molecule has 6 heteroatoms. The summed E-state index contributed by atoms with van der Waals surface area (Å²) in [7, 11) is 0. The predicted octanol–water partition coefficient (Wildman–Crippen LogP) is 1.22. The van der Waals surface area contributed by atoms with Crippen LogP contribution in [0.25, 0.3) is 0 Å². The second kappa shape index (κ2) is 5.01. The molecule has 0 aromatic carbocycles. The van der Waals surface area contributed by atoms with Crippen LogP contribution >= 0.6 is 0 Å². The highest BCUT2D eigenvalue weighted by Crippen LogP contribution is 2.52. The van der Waals surface area contributed by atoms with Crippen molar-refractivity contribution in [2.45, 2.75) is 19.4 Å². The molecule has 6 nitrogen and oxygen atoms in total. The van der Waals surface area contributed by atoms with Crippen molar-refractivity contribution >= 4 is 23.4 Å². The van der Waals surface area contributed by atoms with Crippen molar-refractivity contribution < 1.29 is 14.4 Å². The Morgan fingerprint density at radius 3 is 2.48 bits per heavy atom. The normalized spacial score (nSPS) is 32.3. The quantitative estimate of drug-likeness (QED) is 0.672. The molecule has 0 radical (unpaired) electrons. The van der Waals surface area contributed by atoms with Crippen molar-refractivity contribution in [2.75, 3.05) is 5.32 Å². The van der Waals surface area contributed by atoms with E-state index in [2.05, 4.69) is 10.3 Å². The van der Waals surface area contributed by atoms with Crippen LogP contribution in [0.4, 0.5) is 5.69 Å². The Hall–Kier alpha value is -2.50. The van der Waals surface area contributed by atoms with E-state index in [9.17, 15) is 14.4 Å². The Labute approximate surface area is 133 Å². The number of nitrogens with zero attached hydrogens (tertiary/aromatic N) is 2. The van der Waals surface area contributed by atoms with E-state index < -0.39 is 6.04 Å². The number of carbonyl (C=O) groups excluding carboxylic acids is 3. The first-order chi connectivity index (χ1) is 11.1. The van der Waals surface area contributed by atoms with Crippen LogP contribution in [0, 0.1) is 23.7 Å². The molecule has 2 bridgehead atoms. The van der Waals surface area contributed by atoms with Gasteiger partial charge >= 0.3 is 0 Å². The van der Waals surface area contributed by atoms with Crippen LogP contribution < -0.4 is 5.32 Å². The number of aromatic nitrogens is 1. The van der Waals surface area contributed by atoms with Crippen LogP contribution in [0.1, 0.15) is 13.3 Å². The van der Waals surface area contributed by atoms with Crippen LogP contribution in [0.5, 0.6) is 0 Å². The van der Waals surface area contributed by atoms with Crippen molar-refractivity contribution in [2.24, 2.45) is 23.7 Å². The Morgan fingerprint density at radius 1 is 1.26 bits per heavy atom. The lowest BCUT2D eigenvalue weighted by Crippen LogP contribution is -2.46. The molecule has 5 atom stereocenters. The average Bonchev–Trinajstić information content (AvgIpc) is 3.22. The van der Waals surface area contributed by atoms with E-state index in [-0.39, 0.29) is 41.4 Å². The third-order valence-electron chi connectivity index (χ3n) is 5.20. The Bertz CT molecular complexity index is 685. The van der Waals surface area contributed by atoms with Gasteiger partial charge in [0, 0.05) is 6.20 Å². The minimum atomic E-state index is -0.819. The molecule has 3 amide bonds. The zero-order valence-electron chi connectivity index (χ0n) is 12.7. The van der Waals surface area contributed by atoms with Gasteiger partial charge < -0.3 is 5.32 Å². The Morgan fingerprint density at radius 2 is 1.91 bits per heavy atom. The van der Waals surface area contributed by atoms with Crippen molar-refractivity contribution in [3.05, 3.63) is 36.7 Å². The van der Waals surface area contributed by atoms with Gasteiger partial charge in [0.05, 0.1) is 23.7 Å². The summed E-state index contributed by atoms with van der Waals surface area (Å²) in [5.41, 5.74) is 0.547. The third kappa shape index (κ3) is 2.01. The summed E-state index contributed by atoms with van der Waals surface area (Å²) in [5.74, 6) is -1.02. The first kappa shape index (κ1) is 14.1. The molecule has 2 fully saturated rings. The average molecular weight is 311 g/mol. The maximum atomic E-state index is 12.7. The summed E-state index contributed by atoms with van der Waals surface area (Å²) < 4.78 is 0. The highest BCUT2D eigenvalue weighted by atomic mass is 16.2. The van der Waals surface area contributed by atoms with Gasteiger partial charge in [-0.1, -0.05) is 12.2 Å². The molecule has 2 heterocycles. The van der Waals surface area contributed by atoms with Crippen molar-refractivity contribution in [1.82, 2.24) is 9.88 Å². The summed E-state index contributed by atoms with van der Waals surface area (Å²) in [6.45, 7) is 1.60. The zero-order chi connectivity index (χ0) is 16.1. The van der Waals surface area contributed by atoms with Gasteiger partial charge in [-0.15, -0.1) is 0 Å². The van der Waals surface area contributed by atoms with Gasteiger partial charge in [-0.3, -0.25) is 24.3 Å². The second-order valence-corrected chi connectivity index (χ2v) is 6.45. The number of pyridine rings is 1. The summed E-state index contributed by atoms with van der Waals surface area (Å²) in [6.07, 6.45) is 8.10. The number of allylic oxidation sites excluding steroid dienone is 2. The van der Waals surface area contributed by atoms with Gasteiger partial charge in [0.1, 0.15) is 6.04 Å². The van der Waals surface area contributed by atoms with E-state index >= 15 is 0 Å². The summed E-state index contributed by atoms with van der Waals surface area (Å²) in [5, 5.41) is 2.70. The first-order valence-corrected chi connectivity index (χ1v) is 7.84. The lowest BCUT2D eigenvalue weighted by Gasteiger charge is -2.23. The molecule has 1 aromatic heterocycles. The number of imide groups is 1. The molecule has 3 aliphatic rings. The largest absolute Gasteiger partial charge is 0.323 e. The number of nitrogens with one attached hydrogen (secondary N) is 1. The SMILES string of the molecule is C[C@H](C(=O)Nc1cccnc1)N1C(=O)[C@@H]2[C@H](C1=O)[C@H]1C=C[C@H]2C1. The molecule has 1 N–H and O–H groups in total. The molecule has 118 valence electrons. The number of rotatable bonds is 3. The number of hydrogen-bond acceptors (Lipinski definition) is 4. The Kier molecular flexibility index (Phi) is 3.07. The Balaban J connectivity index is 1.53. The van der Waals surface area contributed by atoms with Crippen LogP contribution in [0.15, 0.2) is 36.7 Å². The van der Waals surface area contributed by atoms with Gasteiger partial charge in [0.25, 0.3) is 0 Å². The molecule has 4 rings (SSSR count). The third-order valence-corrected chi connectivity index (χ3v) is 5.20. The van der Waals surface area contributed by atoms with Crippen LogP contribution in [-0.2, 0) is 14.4 Å². The van der Waals surface area contributed by atoms with E-state index in [1.807, 2.05) is 12.2 Å². The lowest BCUT2D eigenvalue weighted by atomic mass is 9.85. The fourth-order valence-electron chi connectivity index (χ4n) is 4.11. The first-order valence-electron chi connectivity index (χ1n) is 7.84. The van der Waals surface area contributed by atoms with Crippen molar-refractivity contribution in [1.29, 1.82) is 0 Å². The molecule has 2 aliphatic carbocycles. The van der Waals surface area contributed by atoms with Crippen molar-refractivity contribution in [3.8, 4) is 0 Å². The molecule has 1 saturated heterocycles. The van der Waals surface area contributed by atoms with Crippen LogP contribution in [0.3, 0.4) is 0 Å². The summed E-state index contributed by atoms with van der Waals surface area (Å²) >= 11 is 0. The number of fused-ring (bicyclic) bond motifs is 5. The smallest absolute Gasteiger partial charge is 0.247 e. The summed E-state index contributed by atoms with van der Waals surface area (Å²) in [4.78, 5) is 42.8. The van der Waals surface area contributed by atoms with E-state index in [4.69, 9.17) is 0 Å². The number of anilines is 1. The monoisotopic (exact) mass is 311 g/mol. The maximum absolute atomic E-state index is 12.7. The lowest BCUT2D eigenvalue weighted by molar-refractivity contribution is -0.146. The van der Waals surface area contributed by atoms with Crippen LogP contribution in [0.2, 0.25) is 0 Å². The molecular formula is C17H17N3O3. The molecule has 1 aromatic rings. The molecule has 0 unspecified atom stereocenters. The fraction of sp³-hybridized carbons (Fsp3) is 0.412. The van der Waals surface area contributed by atoms with Crippen molar-refractivity contribution in [3.63, 3.8) is 0 Å². The van der Waals surface area contributed by atoms with Gasteiger partial charge in [0.2, 0.25) is 17.7 Å². The number of hydrogen-bond donors (Lipinski definition) is 1. The van der Waals surface area contributed by atoms with E-state index in [0.29, 0.717) is 5.69 Å². The standard InChI is InChI=1S/C17H17N3O3/c1-9(15(21)19-12-3-2-6-18-8-12)20-16(22)13-10-4-5-11(7-10)14(13)17(20)23/h2-6,8-11,13-14H,7H2,1H3,(H,19,21)/t9-,10+,11+,13-,14+/m1/s1. The summed E-state index contributed by atoms with van der Waals surface area (Å²) in [6, 6.07) is 2.60. The number of amides is 3. The number of likely N-dealkylation sites (tertiary alicyclic amines) is 1. The second-order valence-electron chi connectivity index (χ2n) is 6.45. The molecular weight excluding hydrogens is 294 g/mol. The van der Waals surface area contributed by atoms with Gasteiger partial charge in [-0.05, 0) is 37.3 Å². The van der Waals surface area contributed by atoms with Crippen LogP contribution in [-0.4, -0.2) is 33.6 Å².